The Morgan fingerprint density at radius 2 is 2.20 bits per heavy atom. The largest absolute Gasteiger partial charge is 0.351 e. The smallest absolute Gasteiger partial charge is 0.255 e. The predicted octanol–water partition coefficient (Wildman–Crippen LogP) is -0.0307. The lowest BCUT2D eigenvalue weighted by Gasteiger charge is -2.27. The van der Waals surface area contributed by atoms with Crippen molar-refractivity contribution in [3.8, 4) is 0 Å². The molecular weight excluding hydrogens is 254 g/mol. The average Bonchev–Trinajstić information content (AvgIpc) is 2.92. The van der Waals surface area contributed by atoms with Crippen LogP contribution in [0.15, 0.2) is 30.6 Å². The van der Waals surface area contributed by atoms with Gasteiger partial charge in [-0.25, -0.2) is 4.52 Å². The Hall–Kier alpha value is -1.92. The van der Waals surface area contributed by atoms with E-state index >= 15 is 0 Å². The van der Waals surface area contributed by atoms with Crippen molar-refractivity contribution in [2.45, 2.75) is 0 Å². The molecule has 0 atom stereocenters. The molecule has 0 spiro atoms. The lowest BCUT2D eigenvalue weighted by molar-refractivity contribution is 0.0949. The Kier molecular flexibility index (Phi) is 3.94. The van der Waals surface area contributed by atoms with Crippen LogP contribution in [0.2, 0.25) is 0 Å². The molecule has 3 heterocycles. The second kappa shape index (κ2) is 6.02. The summed E-state index contributed by atoms with van der Waals surface area (Å²) in [5, 5.41) is 10.5. The summed E-state index contributed by atoms with van der Waals surface area (Å²) >= 11 is 0. The Morgan fingerprint density at radius 3 is 3.05 bits per heavy atom. The number of nitrogens with one attached hydrogen (secondary N) is 2. The fraction of sp³-hybridized carbons (Fsp3) is 0.429. The minimum atomic E-state index is -0.0543. The maximum Gasteiger partial charge on any atom is 0.255 e. The van der Waals surface area contributed by atoms with Crippen LogP contribution in [0.25, 0.3) is 5.52 Å². The molecule has 0 unspecified atom stereocenters. The van der Waals surface area contributed by atoms with Gasteiger partial charge in [-0.15, -0.1) is 0 Å². The van der Waals surface area contributed by atoms with Gasteiger partial charge in [0.15, 0.2) is 0 Å². The molecule has 6 heteroatoms. The summed E-state index contributed by atoms with van der Waals surface area (Å²) in [6.07, 6.45) is 3.46. The zero-order valence-electron chi connectivity index (χ0n) is 11.4. The van der Waals surface area contributed by atoms with Gasteiger partial charge in [0.2, 0.25) is 0 Å². The van der Waals surface area contributed by atoms with Crippen molar-refractivity contribution in [2.24, 2.45) is 0 Å². The number of piperazine rings is 1. The lowest BCUT2D eigenvalue weighted by Crippen LogP contribution is -2.46. The first-order chi connectivity index (χ1) is 9.84. The van der Waals surface area contributed by atoms with E-state index in [1.807, 2.05) is 24.4 Å². The van der Waals surface area contributed by atoms with Crippen LogP contribution in [-0.2, 0) is 0 Å². The van der Waals surface area contributed by atoms with Gasteiger partial charge in [0.1, 0.15) is 0 Å². The molecule has 0 aromatic carbocycles. The molecule has 1 amide bonds. The van der Waals surface area contributed by atoms with E-state index < -0.39 is 0 Å². The zero-order chi connectivity index (χ0) is 13.8. The first-order valence-corrected chi connectivity index (χ1v) is 6.98. The quantitative estimate of drug-likeness (QED) is 0.821. The zero-order valence-corrected chi connectivity index (χ0v) is 11.4. The number of nitrogens with zero attached hydrogens (tertiary/aromatic N) is 3. The van der Waals surface area contributed by atoms with E-state index in [9.17, 15) is 4.79 Å². The number of rotatable bonds is 4. The van der Waals surface area contributed by atoms with Crippen molar-refractivity contribution >= 4 is 11.4 Å². The third-order valence-electron chi connectivity index (χ3n) is 3.59. The number of fused-ring (bicyclic) bond motifs is 1. The van der Waals surface area contributed by atoms with Gasteiger partial charge >= 0.3 is 0 Å². The number of hydrogen-bond acceptors (Lipinski definition) is 4. The van der Waals surface area contributed by atoms with E-state index in [0.717, 1.165) is 38.2 Å². The summed E-state index contributed by atoms with van der Waals surface area (Å²) in [5.74, 6) is -0.0543. The Bertz CT molecular complexity index is 588. The van der Waals surface area contributed by atoms with Crippen LogP contribution in [0.5, 0.6) is 0 Å². The molecule has 0 aliphatic carbocycles. The van der Waals surface area contributed by atoms with Gasteiger partial charge in [-0.2, -0.15) is 5.10 Å². The SMILES string of the molecule is O=C(NCCN1CCNCC1)c1cnn2ccccc12. The number of hydrogen-bond donors (Lipinski definition) is 2. The van der Waals surface area contributed by atoms with Crippen molar-refractivity contribution in [1.29, 1.82) is 0 Å². The van der Waals surface area contributed by atoms with E-state index in [-0.39, 0.29) is 5.91 Å². The molecule has 1 aliphatic heterocycles. The molecule has 3 rings (SSSR count). The van der Waals surface area contributed by atoms with Gasteiger partial charge in [0.05, 0.1) is 17.3 Å². The van der Waals surface area contributed by atoms with E-state index in [2.05, 4.69) is 20.6 Å². The minimum Gasteiger partial charge on any atom is -0.351 e. The second-order valence-corrected chi connectivity index (χ2v) is 4.94. The van der Waals surface area contributed by atoms with Crippen LogP contribution in [0.1, 0.15) is 10.4 Å². The Labute approximate surface area is 117 Å². The molecule has 106 valence electrons. The molecule has 2 aromatic heterocycles. The second-order valence-electron chi connectivity index (χ2n) is 4.94. The molecule has 1 fully saturated rings. The van der Waals surface area contributed by atoms with Crippen LogP contribution < -0.4 is 10.6 Å². The van der Waals surface area contributed by atoms with Crippen LogP contribution in [0.4, 0.5) is 0 Å². The molecule has 20 heavy (non-hydrogen) atoms. The molecule has 2 aromatic rings. The highest BCUT2D eigenvalue weighted by atomic mass is 16.1. The highest BCUT2D eigenvalue weighted by Gasteiger charge is 2.13. The maximum atomic E-state index is 12.2. The van der Waals surface area contributed by atoms with E-state index in [4.69, 9.17) is 0 Å². The predicted molar refractivity (Wildman–Crippen MR) is 76.8 cm³/mol. The standard InChI is InChI=1S/C14H19N5O/c20-14(16-6-10-18-8-4-15-5-9-18)12-11-17-19-7-2-1-3-13(12)19/h1-3,7,11,15H,4-6,8-10H2,(H,16,20). The summed E-state index contributed by atoms with van der Waals surface area (Å²) < 4.78 is 1.71. The van der Waals surface area contributed by atoms with Gasteiger partial charge in [0.25, 0.3) is 5.91 Å². The fourth-order valence-electron chi connectivity index (χ4n) is 2.47. The number of carbonyl (C=O) groups is 1. The highest BCUT2D eigenvalue weighted by Crippen LogP contribution is 2.09. The first kappa shape index (κ1) is 13.1. The van der Waals surface area contributed by atoms with Crippen molar-refractivity contribution in [3.05, 3.63) is 36.2 Å². The Morgan fingerprint density at radius 1 is 1.35 bits per heavy atom. The molecule has 0 radical (unpaired) electrons. The van der Waals surface area contributed by atoms with Crippen molar-refractivity contribution in [1.82, 2.24) is 25.1 Å². The number of carbonyl (C=O) groups excluding carboxylic acids is 1. The molecule has 6 nitrogen and oxygen atoms in total. The summed E-state index contributed by atoms with van der Waals surface area (Å²) in [4.78, 5) is 14.5. The van der Waals surface area contributed by atoms with Crippen molar-refractivity contribution < 1.29 is 4.79 Å². The van der Waals surface area contributed by atoms with Crippen LogP contribution >= 0.6 is 0 Å². The lowest BCUT2D eigenvalue weighted by atomic mass is 10.2. The monoisotopic (exact) mass is 273 g/mol. The van der Waals surface area contributed by atoms with Gasteiger partial charge in [-0.3, -0.25) is 9.69 Å². The van der Waals surface area contributed by atoms with Gasteiger partial charge in [0, 0.05) is 45.5 Å². The van der Waals surface area contributed by atoms with Crippen LogP contribution in [0.3, 0.4) is 0 Å². The van der Waals surface area contributed by atoms with E-state index in [1.165, 1.54) is 0 Å². The molecular formula is C14H19N5O. The van der Waals surface area contributed by atoms with Gasteiger partial charge < -0.3 is 10.6 Å². The third kappa shape index (κ3) is 2.81. The molecule has 1 aliphatic rings. The Balaban J connectivity index is 1.56. The normalized spacial score (nSPS) is 16.4. The van der Waals surface area contributed by atoms with Gasteiger partial charge in [-0.1, -0.05) is 6.07 Å². The first-order valence-electron chi connectivity index (χ1n) is 6.98. The van der Waals surface area contributed by atoms with Crippen molar-refractivity contribution in [2.75, 3.05) is 39.3 Å². The maximum absolute atomic E-state index is 12.2. The summed E-state index contributed by atoms with van der Waals surface area (Å²) in [5.41, 5.74) is 1.47. The highest BCUT2D eigenvalue weighted by molar-refractivity contribution is 6.00. The van der Waals surface area contributed by atoms with Gasteiger partial charge in [-0.05, 0) is 12.1 Å². The summed E-state index contributed by atoms with van der Waals surface area (Å²) in [7, 11) is 0. The van der Waals surface area contributed by atoms with Crippen molar-refractivity contribution in [3.63, 3.8) is 0 Å². The number of amides is 1. The number of aromatic nitrogens is 2. The van der Waals surface area contributed by atoms with E-state index in [0.29, 0.717) is 12.1 Å². The average molecular weight is 273 g/mol. The topological polar surface area (TPSA) is 61.7 Å². The number of pyridine rings is 1. The summed E-state index contributed by atoms with van der Waals surface area (Å²) in [6, 6.07) is 5.71. The van der Waals surface area contributed by atoms with E-state index in [1.54, 1.807) is 10.7 Å². The molecule has 2 N–H and O–H groups in total. The van der Waals surface area contributed by atoms with Crippen LogP contribution in [-0.4, -0.2) is 59.7 Å². The molecule has 1 saturated heterocycles. The van der Waals surface area contributed by atoms with Crippen LogP contribution in [0, 0.1) is 0 Å². The summed E-state index contributed by atoms with van der Waals surface area (Å²) in [6.45, 7) is 5.72. The minimum absolute atomic E-state index is 0.0543. The molecule has 0 bridgehead atoms. The fourth-order valence-corrected chi connectivity index (χ4v) is 2.47. The third-order valence-corrected chi connectivity index (χ3v) is 3.59. The molecule has 0 saturated carbocycles.